The lowest BCUT2D eigenvalue weighted by Crippen LogP contribution is -2.18. The maximum atomic E-state index is 11.0. The maximum Gasteiger partial charge on any atom is 0.305 e. The second-order valence-corrected chi connectivity index (χ2v) is 4.08. The Bertz CT molecular complexity index is 160. The first-order valence-corrected chi connectivity index (χ1v) is 6.01. The number of hydrogen-bond acceptors (Lipinski definition) is 3. The van der Waals surface area contributed by atoms with Gasteiger partial charge in [0, 0.05) is 6.42 Å². The van der Waals surface area contributed by atoms with Crippen molar-refractivity contribution in [2.75, 3.05) is 13.7 Å². The summed E-state index contributed by atoms with van der Waals surface area (Å²) in [6.07, 6.45) is 7.83. The van der Waals surface area contributed by atoms with Gasteiger partial charge in [0.25, 0.3) is 0 Å². The van der Waals surface area contributed by atoms with Gasteiger partial charge in [-0.25, -0.2) is 0 Å². The molecule has 0 aromatic heterocycles. The number of nitrogens with two attached hydrogens (primary N) is 1. The van der Waals surface area contributed by atoms with E-state index >= 15 is 0 Å². The number of carbonyl (C=O) groups excluding carboxylic acids is 1. The molecule has 0 fully saturated rings. The van der Waals surface area contributed by atoms with Crippen LogP contribution in [-0.4, -0.2) is 19.6 Å². The minimum atomic E-state index is -0.140. The highest BCUT2D eigenvalue weighted by Crippen LogP contribution is 2.14. The lowest BCUT2D eigenvalue weighted by Gasteiger charge is -2.12. The van der Waals surface area contributed by atoms with Gasteiger partial charge in [0.15, 0.2) is 0 Å². The molecule has 0 saturated heterocycles. The zero-order chi connectivity index (χ0) is 11.5. The molecule has 0 aromatic carbocycles. The van der Waals surface area contributed by atoms with Crippen molar-refractivity contribution in [2.24, 2.45) is 11.7 Å². The van der Waals surface area contributed by atoms with Gasteiger partial charge >= 0.3 is 5.97 Å². The van der Waals surface area contributed by atoms with Gasteiger partial charge in [0.1, 0.15) is 0 Å². The molecule has 0 bridgehead atoms. The van der Waals surface area contributed by atoms with E-state index in [1.165, 1.54) is 39.2 Å². The molecule has 15 heavy (non-hydrogen) atoms. The molecule has 2 N–H and O–H groups in total. The quantitative estimate of drug-likeness (QED) is 0.475. The van der Waals surface area contributed by atoms with Crippen molar-refractivity contribution in [1.29, 1.82) is 0 Å². The molecule has 3 nitrogen and oxygen atoms in total. The van der Waals surface area contributed by atoms with Crippen molar-refractivity contribution in [3.8, 4) is 0 Å². The second kappa shape index (κ2) is 9.97. The van der Waals surface area contributed by atoms with Gasteiger partial charge in [-0.15, -0.1) is 0 Å². The normalized spacial score (nSPS) is 12.5. The van der Waals surface area contributed by atoms with Crippen LogP contribution in [-0.2, 0) is 9.53 Å². The lowest BCUT2D eigenvalue weighted by atomic mass is 9.97. The first kappa shape index (κ1) is 14.4. The average molecular weight is 215 g/mol. The highest BCUT2D eigenvalue weighted by molar-refractivity contribution is 5.69. The van der Waals surface area contributed by atoms with E-state index in [0.717, 1.165) is 6.42 Å². The van der Waals surface area contributed by atoms with Gasteiger partial charge in [-0.1, -0.05) is 39.0 Å². The van der Waals surface area contributed by atoms with E-state index in [4.69, 9.17) is 5.73 Å². The standard InChI is InChI=1S/C12H25NO2/c1-3-4-5-6-7-8-11(10-13)9-12(14)15-2/h11H,3-10,13H2,1-2H3. The van der Waals surface area contributed by atoms with Crippen LogP contribution in [0.25, 0.3) is 0 Å². The first-order valence-electron chi connectivity index (χ1n) is 6.01. The largest absolute Gasteiger partial charge is 0.469 e. The summed E-state index contributed by atoms with van der Waals surface area (Å²) < 4.78 is 4.63. The monoisotopic (exact) mass is 215 g/mol. The van der Waals surface area contributed by atoms with E-state index in [0.29, 0.717) is 18.9 Å². The average Bonchev–Trinajstić information content (AvgIpc) is 2.26. The van der Waals surface area contributed by atoms with Crippen LogP contribution >= 0.6 is 0 Å². The summed E-state index contributed by atoms with van der Waals surface area (Å²) in [5, 5.41) is 0. The van der Waals surface area contributed by atoms with Crippen LogP contribution in [0.3, 0.4) is 0 Å². The van der Waals surface area contributed by atoms with E-state index in [1.807, 2.05) is 0 Å². The molecular formula is C12H25NO2. The van der Waals surface area contributed by atoms with Crippen LogP contribution in [0.2, 0.25) is 0 Å². The molecule has 0 aromatic rings. The van der Waals surface area contributed by atoms with Crippen LogP contribution in [0.4, 0.5) is 0 Å². The summed E-state index contributed by atoms with van der Waals surface area (Å²) in [7, 11) is 1.43. The molecule has 90 valence electrons. The number of ether oxygens (including phenoxy) is 1. The van der Waals surface area contributed by atoms with Crippen molar-refractivity contribution in [3.63, 3.8) is 0 Å². The highest BCUT2D eigenvalue weighted by atomic mass is 16.5. The molecule has 0 rings (SSSR count). The Kier molecular flexibility index (Phi) is 9.59. The molecule has 0 saturated carbocycles. The topological polar surface area (TPSA) is 52.3 Å². The predicted octanol–water partition coefficient (Wildman–Crippen LogP) is 2.48. The van der Waals surface area contributed by atoms with Crippen molar-refractivity contribution in [1.82, 2.24) is 0 Å². The van der Waals surface area contributed by atoms with Crippen molar-refractivity contribution < 1.29 is 9.53 Å². The van der Waals surface area contributed by atoms with Crippen LogP contribution in [0.1, 0.15) is 51.9 Å². The molecule has 0 aliphatic heterocycles. The number of rotatable bonds is 9. The Morgan fingerprint density at radius 3 is 2.47 bits per heavy atom. The smallest absolute Gasteiger partial charge is 0.305 e. The molecule has 1 unspecified atom stereocenters. The summed E-state index contributed by atoms with van der Waals surface area (Å²) in [5.74, 6) is 0.165. The van der Waals surface area contributed by atoms with Gasteiger partial charge in [-0.05, 0) is 18.9 Å². The summed E-state index contributed by atoms with van der Waals surface area (Å²) in [6.45, 7) is 2.79. The Morgan fingerprint density at radius 2 is 1.93 bits per heavy atom. The third kappa shape index (κ3) is 8.43. The molecule has 0 aliphatic carbocycles. The molecule has 1 atom stereocenters. The molecule has 3 heteroatoms. The zero-order valence-corrected chi connectivity index (χ0v) is 10.1. The van der Waals surface area contributed by atoms with Gasteiger partial charge in [0.05, 0.1) is 7.11 Å². The highest BCUT2D eigenvalue weighted by Gasteiger charge is 2.11. The van der Waals surface area contributed by atoms with Gasteiger partial charge in [0.2, 0.25) is 0 Å². The third-order valence-electron chi connectivity index (χ3n) is 2.73. The number of carbonyl (C=O) groups is 1. The summed E-state index contributed by atoms with van der Waals surface area (Å²) in [5.41, 5.74) is 5.61. The van der Waals surface area contributed by atoms with Crippen molar-refractivity contribution in [3.05, 3.63) is 0 Å². The molecule has 0 amide bonds. The summed E-state index contributed by atoms with van der Waals surface area (Å²) >= 11 is 0. The molecular weight excluding hydrogens is 190 g/mol. The summed E-state index contributed by atoms with van der Waals surface area (Å²) in [4.78, 5) is 11.0. The molecule has 0 spiro atoms. The van der Waals surface area contributed by atoms with Gasteiger partial charge < -0.3 is 10.5 Å². The number of unbranched alkanes of at least 4 members (excludes halogenated alkanes) is 4. The second-order valence-electron chi connectivity index (χ2n) is 4.08. The minimum absolute atomic E-state index is 0.140. The summed E-state index contributed by atoms with van der Waals surface area (Å²) in [6, 6.07) is 0. The zero-order valence-electron chi connectivity index (χ0n) is 10.1. The molecule has 0 aliphatic rings. The van der Waals surface area contributed by atoms with Crippen LogP contribution in [0, 0.1) is 5.92 Å². The van der Waals surface area contributed by atoms with E-state index < -0.39 is 0 Å². The van der Waals surface area contributed by atoms with Gasteiger partial charge in [-0.2, -0.15) is 0 Å². The van der Waals surface area contributed by atoms with E-state index in [1.54, 1.807) is 0 Å². The fourth-order valence-corrected chi connectivity index (χ4v) is 1.66. The predicted molar refractivity (Wildman–Crippen MR) is 62.6 cm³/mol. The SMILES string of the molecule is CCCCCCCC(CN)CC(=O)OC. The Morgan fingerprint density at radius 1 is 1.27 bits per heavy atom. The Hall–Kier alpha value is -0.570. The fourth-order valence-electron chi connectivity index (χ4n) is 1.66. The molecule has 0 heterocycles. The van der Waals surface area contributed by atoms with Crippen LogP contribution in [0.15, 0.2) is 0 Å². The maximum absolute atomic E-state index is 11.0. The Labute approximate surface area is 93.4 Å². The van der Waals surface area contributed by atoms with E-state index in [9.17, 15) is 4.79 Å². The van der Waals surface area contributed by atoms with Crippen molar-refractivity contribution in [2.45, 2.75) is 51.9 Å². The minimum Gasteiger partial charge on any atom is -0.469 e. The van der Waals surface area contributed by atoms with Crippen LogP contribution in [0.5, 0.6) is 0 Å². The number of methoxy groups -OCH3 is 1. The lowest BCUT2D eigenvalue weighted by molar-refractivity contribution is -0.141. The van der Waals surface area contributed by atoms with Gasteiger partial charge in [-0.3, -0.25) is 4.79 Å². The molecule has 0 radical (unpaired) electrons. The third-order valence-corrected chi connectivity index (χ3v) is 2.73. The van der Waals surface area contributed by atoms with E-state index in [-0.39, 0.29) is 5.97 Å². The number of esters is 1. The van der Waals surface area contributed by atoms with Crippen molar-refractivity contribution >= 4 is 5.97 Å². The number of hydrogen-bond donors (Lipinski definition) is 1. The fraction of sp³-hybridized carbons (Fsp3) is 0.917. The van der Waals surface area contributed by atoms with Crippen LogP contribution < -0.4 is 5.73 Å². The first-order chi connectivity index (χ1) is 7.24. The van der Waals surface area contributed by atoms with E-state index in [2.05, 4.69) is 11.7 Å². The Balaban J connectivity index is 3.48.